The molecule has 0 aliphatic carbocycles. The molecule has 0 spiro atoms. The predicted octanol–water partition coefficient (Wildman–Crippen LogP) is 5.76. The van der Waals surface area contributed by atoms with Gasteiger partial charge in [-0.15, -0.1) is 0 Å². The van der Waals surface area contributed by atoms with Crippen LogP contribution in [-0.2, 0) is 0 Å². The molecule has 0 unspecified atom stereocenters. The normalized spacial score (nSPS) is 16.3. The Morgan fingerprint density at radius 3 is 2.55 bits per heavy atom. The first-order chi connectivity index (χ1) is 15.3. The van der Waals surface area contributed by atoms with Gasteiger partial charge in [0.1, 0.15) is 0 Å². The number of furan rings is 1. The van der Waals surface area contributed by atoms with Crippen LogP contribution in [-0.4, -0.2) is 18.3 Å². The molecule has 6 rings (SSSR count). The molecule has 3 heteroatoms. The Morgan fingerprint density at radius 2 is 1.66 bits per heavy atom. The standard InChI is InChI=1S/C26H21GeNO/c1-16-13-14-28-23(15-16)21-9-6-8-19-20-12-11-18-17-7-4-5-10-22(17)27(2,3)24(18)26(20)29-25(19)21/h4-15H,1-3H3/i1D3. The molecule has 0 N–H and O–H groups in total. The van der Waals surface area contributed by atoms with Crippen molar-refractivity contribution in [3.63, 3.8) is 0 Å². The molecular weight excluding hydrogens is 415 g/mol. The van der Waals surface area contributed by atoms with Gasteiger partial charge in [-0.05, 0) is 0 Å². The molecule has 29 heavy (non-hydrogen) atoms. The van der Waals surface area contributed by atoms with Gasteiger partial charge in [-0.25, -0.2) is 0 Å². The van der Waals surface area contributed by atoms with Crippen LogP contribution in [0.25, 0.3) is 44.3 Å². The third kappa shape index (κ3) is 2.27. The number of fused-ring (bicyclic) bond motifs is 7. The van der Waals surface area contributed by atoms with E-state index in [4.69, 9.17) is 8.53 Å². The number of hydrogen-bond donors (Lipinski definition) is 0. The van der Waals surface area contributed by atoms with Crippen molar-refractivity contribution in [1.29, 1.82) is 0 Å². The molecule has 0 fully saturated rings. The Kier molecular flexibility index (Phi) is 2.85. The quantitative estimate of drug-likeness (QED) is 0.311. The van der Waals surface area contributed by atoms with E-state index < -0.39 is 20.1 Å². The Balaban J connectivity index is 1.65. The second-order valence-electron chi connectivity index (χ2n) is 8.25. The van der Waals surface area contributed by atoms with Gasteiger partial charge in [0.25, 0.3) is 0 Å². The summed E-state index contributed by atoms with van der Waals surface area (Å²) < 4.78 is 32.8. The molecule has 3 heterocycles. The molecule has 1 aliphatic heterocycles. The first-order valence-electron chi connectivity index (χ1n) is 11.3. The third-order valence-corrected chi connectivity index (χ3v) is 13.6. The molecule has 5 aromatic rings. The van der Waals surface area contributed by atoms with Crippen molar-refractivity contribution in [1.82, 2.24) is 4.98 Å². The number of para-hydroxylation sites is 1. The minimum absolute atomic E-state index is 0.281. The molecule has 3 aromatic carbocycles. The molecule has 2 nitrogen and oxygen atoms in total. The molecule has 0 saturated carbocycles. The van der Waals surface area contributed by atoms with E-state index in [-0.39, 0.29) is 5.56 Å². The fourth-order valence-electron chi connectivity index (χ4n) is 4.88. The fourth-order valence-corrected chi connectivity index (χ4v) is 11.8. The van der Waals surface area contributed by atoms with Crippen LogP contribution in [0.2, 0.25) is 11.5 Å². The van der Waals surface area contributed by atoms with Gasteiger partial charge < -0.3 is 0 Å². The second kappa shape index (κ2) is 5.83. The van der Waals surface area contributed by atoms with E-state index in [2.05, 4.69) is 59.0 Å². The Labute approximate surface area is 176 Å². The van der Waals surface area contributed by atoms with Crippen molar-refractivity contribution in [3.05, 3.63) is 78.5 Å². The van der Waals surface area contributed by atoms with E-state index in [1.54, 1.807) is 18.3 Å². The summed E-state index contributed by atoms with van der Waals surface area (Å²) in [5.41, 5.74) is 6.08. The summed E-state index contributed by atoms with van der Waals surface area (Å²) in [5.74, 6) is 4.86. The monoisotopic (exact) mass is 440 g/mol. The molecule has 0 bridgehead atoms. The molecule has 1 aliphatic rings. The Bertz CT molecular complexity index is 1550. The van der Waals surface area contributed by atoms with Gasteiger partial charge in [-0.2, -0.15) is 0 Å². The molecule has 2 aromatic heterocycles. The fraction of sp³-hybridized carbons (Fsp3) is 0.115. The maximum atomic E-state index is 7.76. The van der Waals surface area contributed by atoms with E-state index in [0.29, 0.717) is 5.69 Å². The first kappa shape index (κ1) is 14.2. The summed E-state index contributed by atoms with van der Waals surface area (Å²) in [6.07, 6.45) is 1.56. The zero-order valence-electron chi connectivity index (χ0n) is 19.3. The zero-order valence-corrected chi connectivity index (χ0v) is 18.4. The molecule has 0 atom stereocenters. The van der Waals surface area contributed by atoms with Crippen molar-refractivity contribution < 1.29 is 8.53 Å². The van der Waals surface area contributed by atoms with E-state index in [1.165, 1.54) is 19.9 Å². The van der Waals surface area contributed by atoms with E-state index in [1.807, 2.05) is 12.1 Å². The summed E-state index contributed by atoms with van der Waals surface area (Å²) in [5, 5.41) is 2.15. The average molecular weight is 439 g/mol. The topological polar surface area (TPSA) is 26.0 Å². The van der Waals surface area contributed by atoms with E-state index in [9.17, 15) is 0 Å². The minimum atomic E-state index is -2.53. The average Bonchev–Trinajstić information content (AvgIpc) is 3.26. The van der Waals surface area contributed by atoms with Crippen molar-refractivity contribution in [3.8, 4) is 22.4 Å². The Morgan fingerprint density at radius 1 is 0.828 bits per heavy atom. The van der Waals surface area contributed by atoms with E-state index >= 15 is 0 Å². The zero-order chi connectivity index (χ0) is 22.3. The summed E-state index contributed by atoms with van der Waals surface area (Å²) in [4.78, 5) is 4.48. The van der Waals surface area contributed by atoms with Gasteiger partial charge in [0.15, 0.2) is 0 Å². The number of aryl methyl sites for hydroxylation is 1. The number of benzene rings is 3. The number of nitrogens with zero attached hydrogens (tertiary/aromatic N) is 1. The van der Waals surface area contributed by atoms with Crippen LogP contribution < -0.4 is 8.79 Å². The van der Waals surface area contributed by atoms with Crippen molar-refractivity contribution in [2.45, 2.75) is 18.4 Å². The van der Waals surface area contributed by atoms with Crippen LogP contribution in [0.1, 0.15) is 9.68 Å². The third-order valence-electron chi connectivity index (χ3n) is 6.22. The van der Waals surface area contributed by atoms with Crippen LogP contribution in [0.4, 0.5) is 0 Å². The Hall–Kier alpha value is -2.85. The summed E-state index contributed by atoms with van der Waals surface area (Å²) in [6, 6.07) is 22.4. The van der Waals surface area contributed by atoms with Crippen LogP contribution in [0.5, 0.6) is 0 Å². The maximum absolute atomic E-state index is 7.76. The molecule has 140 valence electrons. The number of pyridine rings is 1. The van der Waals surface area contributed by atoms with Gasteiger partial charge in [0.05, 0.1) is 0 Å². The van der Waals surface area contributed by atoms with Gasteiger partial charge in [-0.3, -0.25) is 0 Å². The van der Waals surface area contributed by atoms with E-state index in [0.717, 1.165) is 27.5 Å². The van der Waals surface area contributed by atoms with Crippen molar-refractivity contribution >= 4 is 44.0 Å². The number of aromatic nitrogens is 1. The second-order valence-corrected chi connectivity index (χ2v) is 17.2. The van der Waals surface area contributed by atoms with Crippen LogP contribution in [0, 0.1) is 6.85 Å². The number of hydrogen-bond acceptors (Lipinski definition) is 2. The van der Waals surface area contributed by atoms with Gasteiger partial charge >= 0.3 is 177 Å². The van der Waals surface area contributed by atoms with Gasteiger partial charge in [-0.1, -0.05) is 0 Å². The van der Waals surface area contributed by atoms with Gasteiger partial charge in [0, 0.05) is 0 Å². The predicted molar refractivity (Wildman–Crippen MR) is 124 cm³/mol. The molecular formula is C26H21GeNO. The van der Waals surface area contributed by atoms with Crippen LogP contribution >= 0.6 is 0 Å². The first-order valence-corrected chi connectivity index (χ1v) is 16.1. The van der Waals surface area contributed by atoms with Crippen molar-refractivity contribution in [2.24, 2.45) is 0 Å². The summed E-state index contributed by atoms with van der Waals surface area (Å²) >= 11 is -2.53. The van der Waals surface area contributed by atoms with Crippen molar-refractivity contribution in [2.75, 3.05) is 0 Å². The van der Waals surface area contributed by atoms with Gasteiger partial charge in [0.2, 0.25) is 0 Å². The van der Waals surface area contributed by atoms with Crippen LogP contribution in [0.15, 0.2) is 77.3 Å². The van der Waals surface area contributed by atoms with Crippen LogP contribution in [0.3, 0.4) is 0 Å². The molecule has 0 amide bonds. The SMILES string of the molecule is [2H]C([2H])([2H])c1ccnc(-c2cccc3c2oc2[c]4c(ccc23)-c2cccc[c]2[Ge]4([CH3])[CH3])c1. The summed E-state index contributed by atoms with van der Waals surface area (Å²) in [6.45, 7) is -2.18. The molecule has 0 radical (unpaired) electrons. The summed E-state index contributed by atoms with van der Waals surface area (Å²) in [7, 11) is 0. The molecule has 0 saturated heterocycles. The number of rotatable bonds is 1.